The van der Waals surface area contributed by atoms with Gasteiger partial charge in [-0.3, -0.25) is 10.1 Å². The zero-order chi connectivity index (χ0) is 13.5. The monoisotopic (exact) mass is 256 g/mol. The first-order chi connectivity index (χ1) is 8.31. The Hall–Kier alpha value is -1.30. The number of hydrogen-bond acceptors (Lipinski definition) is 5. The number of fused-ring (bicyclic) bond motifs is 2. The fourth-order valence-corrected chi connectivity index (χ4v) is 2.55. The maximum atomic E-state index is 12.0. The molecule has 0 aromatic rings. The molecule has 6 nitrogen and oxygen atoms in total. The van der Waals surface area contributed by atoms with Crippen LogP contribution in [0.3, 0.4) is 0 Å². The minimum absolute atomic E-state index is 0.155. The number of likely N-dealkylation sites (tertiary alicyclic amines) is 1. The molecule has 3 atom stereocenters. The lowest BCUT2D eigenvalue weighted by Crippen LogP contribution is -2.57. The lowest BCUT2D eigenvalue weighted by atomic mass is 10.1. The molecular formula is C12H20N2O4. The van der Waals surface area contributed by atoms with E-state index in [0.717, 1.165) is 6.42 Å². The first kappa shape index (κ1) is 13.1. The summed E-state index contributed by atoms with van der Waals surface area (Å²) in [4.78, 5) is 25.3. The van der Waals surface area contributed by atoms with Crippen LogP contribution in [0.15, 0.2) is 0 Å². The number of hydrogen-bond donors (Lipinski definition) is 1. The summed E-state index contributed by atoms with van der Waals surface area (Å²) in [6.45, 7) is 6.08. The van der Waals surface area contributed by atoms with E-state index in [4.69, 9.17) is 9.47 Å². The summed E-state index contributed by atoms with van der Waals surface area (Å²) >= 11 is 0. The van der Waals surface area contributed by atoms with Gasteiger partial charge in [-0.1, -0.05) is 0 Å². The van der Waals surface area contributed by atoms with Gasteiger partial charge < -0.3 is 14.4 Å². The Kier molecular flexibility index (Phi) is 3.23. The average Bonchev–Trinajstić information content (AvgIpc) is 2.84. The van der Waals surface area contributed by atoms with Crippen LogP contribution in [-0.4, -0.2) is 54.3 Å². The molecule has 0 saturated carbocycles. The number of amides is 1. The van der Waals surface area contributed by atoms with Gasteiger partial charge in [0.2, 0.25) is 0 Å². The SMILES string of the molecule is COC(=O)[C@@H]1NC2CC1N(C(=O)OC(C)(C)C)C2. The lowest BCUT2D eigenvalue weighted by molar-refractivity contribution is -0.144. The number of esters is 1. The van der Waals surface area contributed by atoms with Crippen LogP contribution < -0.4 is 5.32 Å². The normalized spacial score (nSPS) is 30.4. The fraction of sp³-hybridized carbons (Fsp3) is 0.833. The molecule has 2 aliphatic heterocycles. The third kappa shape index (κ3) is 2.43. The van der Waals surface area contributed by atoms with Crippen LogP contribution in [0.4, 0.5) is 4.79 Å². The van der Waals surface area contributed by atoms with Crippen molar-refractivity contribution in [3.63, 3.8) is 0 Å². The Bertz CT molecular complexity index is 364. The molecule has 2 bridgehead atoms. The summed E-state index contributed by atoms with van der Waals surface area (Å²) in [6.07, 6.45) is 0.421. The first-order valence-electron chi connectivity index (χ1n) is 6.15. The summed E-state index contributed by atoms with van der Waals surface area (Å²) in [5.41, 5.74) is -0.521. The van der Waals surface area contributed by atoms with Crippen molar-refractivity contribution in [1.82, 2.24) is 10.2 Å². The molecule has 2 aliphatic rings. The van der Waals surface area contributed by atoms with Gasteiger partial charge in [-0.2, -0.15) is 0 Å². The van der Waals surface area contributed by atoms with Crippen molar-refractivity contribution in [1.29, 1.82) is 0 Å². The zero-order valence-corrected chi connectivity index (χ0v) is 11.2. The Labute approximate surface area is 107 Å². The van der Waals surface area contributed by atoms with Gasteiger partial charge in [-0.05, 0) is 27.2 Å². The third-order valence-corrected chi connectivity index (χ3v) is 3.23. The van der Waals surface area contributed by atoms with Crippen LogP contribution >= 0.6 is 0 Å². The number of carbonyl (C=O) groups is 2. The lowest BCUT2D eigenvalue weighted by Gasteiger charge is -2.33. The molecule has 6 heteroatoms. The van der Waals surface area contributed by atoms with Crippen molar-refractivity contribution < 1.29 is 19.1 Å². The smallest absolute Gasteiger partial charge is 0.410 e. The van der Waals surface area contributed by atoms with Crippen molar-refractivity contribution in [2.45, 2.75) is 50.9 Å². The van der Waals surface area contributed by atoms with Crippen LogP contribution in [0.1, 0.15) is 27.2 Å². The molecule has 2 rings (SSSR count). The molecular weight excluding hydrogens is 236 g/mol. The van der Waals surface area contributed by atoms with E-state index in [0.29, 0.717) is 6.54 Å². The number of piperazine rings is 1. The second-order valence-electron chi connectivity index (χ2n) is 5.80. The summed E-state index contributed by atoms with van der Waals surface area (Å²) < 4.78 is 10.1. The quantitative estimate of drug-likeness (QED) is 0.692. The molecule has 2 saturated heterocycles. The number of nitrogens with zero attached hydrogens (tertiary/aromatic N) is 1. The van der Waals surface area contributed by atoms with Gasteiger partial charge in [0, 0.05) is 12.6 Å². The highest BCUT2D eigenvalue weighted by atomic mass is 16.6. The Morgan fingerprint density at radius 1 is 1.33 bits per heavy atom. The number of methoxy groups -OCH3 is 1. The third-order valence-electron chi connectivity index (χ3n) is 3.23. The average molecular weight is 256 g/mol. The van der Waals surface area contributed by atoms with Crippen molar-refractivity contribution in [3.8, 4) is 0 Å². The summed E-state index contributed by atoms with van der Waals surface area (Å²) in [5, 5.41) is 3.16. The van der Waals surface area contributed by atoms with Gasteiger partial charge >= 0.3 is 12.1 Å². The van der Waals surface area contributed by atoms with E-state index < -0.39 is 11.6 Å². The highest BCUT2D eigenvalue weighted by molar-refractivity contribution is 5.79. The van der Waals surface area contributed by atoms with Crippen LogP contribution in [0.25, 0.3) is 0 Å². The molecule has 1 amide bonds. The Balaban J connectivity index is 2.04. The molecule has 1 N–H and O–H groups in total. The van der Waals surface area contributed by atoms with E-state index in [2.05, 4.69) is 5.32 Å². The van der Waals surface area contributed by atoms with Crippen LogP contribution in [0, 0.1) is 0 Å². The summed E-state index contributed by atoms with van der Waals surface area (Å²) in [6, 6.07) is -0.426. The van der Waals surface area contributed by atoms with Gasteiger partial charge in [-0.25, -0.2) is 4.79 Å². The number of rotatable bonds is 1. The topological polar surface area (TPSA) is 67.9 Å². The van der Waals surface area contributed by atoms with Gasteiger partial charge in [0.15, 0.2) is 0 Å². The van der Waals surface area contributed by atoms with Crippen molar-refractivity contribution in [3.05, 3.63) is 0 Å². The summed E-state index contributed by atoms with van der Waals surface area (Å²) in [5.74, 6) is -0.323. The molecule has 0 spiro atoms. The highest BCUT2D eigenvalue weighted by Crippen LogP contribution is 2.30. The van der Waals surface area contributed by atoms with Crippen molar-refractivity contribution in [2.24, 2.45) is 0 Å². The molecule has 0 aliphatic carbocycles. The minimum Gasteiger partial charge on any atom is -0.468 e. The van der Waals surface area contributed by atoms with E-state index in [9.17, 15) is 9.59 Å². The molecule has 2 fully saturated rings. The minimum atomic E-state index is -0.521. The molecule has 0 radical (unpaired) electrons. The number of ether oxygens (including phenoxy) is 2. The van der Waals surface area contributed by atoms with E-state index in [1.807, 2.05) is 20.8 Å². The second kappa shape index (κ2) is 4.42. The molecule has 0 aromatic carbocycles. The van der Waals surface area contributed by atoms with Crippen LogP contribution in [-0.2, 0) is 14.3 Å². The van der Waals surface area contributed by atoms with Gasteiger partial charge in [0.1, 0.15) is 11.6 Å². The van der Waals surface area contributed by atoms with Crippen molar-refractivity contribution >= 4 is 12.1 Å². The number of nitrogens with one attached hydrogen (secondary N) is 1. The maximum Gasteiger partial charge on any atom is 0.410 e. The van der Waals surface area contributed by atoms with Crippen molar-refractivity contribution in [2.75, 3.05) is 13.7 Å². The maximum absolute atomic E-state index is 12.0. The fourth-order valence-electron chi connectivity index (χ4n) is 2.55. The zero-order valence-electron chi connectivity index (χ0n) is 11.2. The Morgan fingerprint density at radius 3 is 2.50 bits per heavy atom. The molecule has 2 heterocycles. The van der Waals surface area contributed by atoms with E-state index in [1.165, 1.54) is 7.11 Å². The highest BCUT2D eigenvalue weighted by Gasteiger charge is 2.51. The van der Waals surface area contributed by atoms with Crippen LogP contribution in [0.2, 0.25) is 0 Å². The van der Waals surface area contributed by atoms with Crippen LogP contribution in [0.5, 0.6) is 0 Å². The molecule has 2 unspecified atom stereocenters. The predicted octanol–water partition coefficient (Wildman–Crippen LogP) is 0.509. The largest absolute Gasteiger partial charge is 0.468 e. The van der Waals surface area contributed by atoms with E-state index in [-0.39, 0.29) is 24.1 Å². The second-order valence-corrected chi connectivity index (χ2v) is 5.80. The van der Waals surface area contributed by atoms with E-state index >= 15 is 0 Å². The number of carbonyl (C=O) groups excluding carboxylic acids is 2. The van der Waals surface area contributed by atoms with E-state index in [1.54, 1.807) is 4.90 Å². The van der Waals surface area contributed by atoms with Gasteiger partial charge in [0.25, 0.3) is 0 Å². The van der Waals surface area contributed by atoms with Gasteiger partial charge in [-0.15, -0.1) is 0 Å². The standard InChI is InChI=1S/C12H20N2O4/c1-12(2,3)18-11(16)14-6-7-5-8(14)9(13-7)10(15)17-4/h7-9,13H,5-6H2,1-4H3/t7?,8?,9-/m1/s1. The first-order valence-corrected chi connectivity index (χ1v) is 6.15. The summed E-state index contributed by atoms with van der Waals surface area (Å²) in [7, 11) is 1.35. The molecule has 18 heavy (non-hydrogen) atoms. The molecule has 0 aromatic heterocycles. The predicted molar refractivity (Wildman–Crippen MR) is 64.1 cm³/mol. The van der Waals surface area contributed by atoms with Gasteiger partial charge in [0.05, 0.1) is 13.2 Å². The Morgan fingerprint density at radius 2 is 2.00 bits per heavy atom. The molecule has 102 valence electrons.